The van der Waals surface area contributed by atoms with Gasteiger partial charge in [0, 0.05) is 22.5 Å². The van der Waals surface area contributed by atoms with Gasteiger partial charge < -0.3 is 11.5 Å². The van der Waals surface area contributed by atoms with E-state index in [1.165, 1.54) is 0 Å². The van der Waals surface area contributed by atoms with Crippen LogP contribution in [-0.2, 0) is 0 Å². The minimum atomic E-state index is -0.0447. The minimum absolute atomic E-state index is 0.0447. The molecule has 2 rings (SSSR count). The van der Waals surface area contributed by atoms with Crippen molar-refractivity contribution in [1.82, 2.24) is 0 Å². The number of ketones is 1. The Kier molecular flexibility index (Phi) is 2.83. The van der Waals surface area contributed by atoms with Gasteiger partial charge in [-0.1, -0.05) is 12.1 Å². The molecule has 2 aromatic carbocycles. The number of hydrogen-bond donors (Lipinski definition) is 2. The van der Waals surface area contributed by atoms with Crippen LogP contribution in [0.5, 0.6) is 0 Å². The number of carbonyl (C=O) groups excluding carboxylic acids is 1. The molecule has 0 aliphatic rings. The summed E-state index contributed by atoms with van der Waals surface area (Å²) < 4.78 is 0. The van der Waals surface area contributed by atoms with Crippen LogP contribution in [0.3, 0.4) is 0 Å². The van der Waals surface area contributed by atoms with Crippen LogP contribution in [0, 0.1) is 6.92 Å². The normalized spacial score (nSPS) is 10.2. The third kappa shape index (κ3) is 2.28. The van der Waals surface area contributed by atoms with Gasteiger partial charge in [-0.25, -0.2) is 0 Å². The van der Waals surface area contributed by atoms with Crippen molar-refractivity contribution in [3.63, 3.8) is 0 Å². The van der Waals surface area contributed by atoms with Gasteiger partial charge in [-0.3, -0.25) is 4.79 Å². The quantitative estimate of drug-likeness (QED) is 0.610. The smallest absolute Gasteiger partial charge is 0.193 e. The van der Waals surface area contributed by atoms with Gasteiger partial charge in [-0.05, 0) is 42.8 Å². The Morgan fingerprint density at radius 3 is 2.12 bits per heavy atom. The zero-order valence-electron chi connectivity index (χ0n) is 9.60. The van der Waals surface area contributed by atoms with E-state index in [0.29, 0.717) is 22.5 Å². The van der Waals surface area contributed by atoms with Crippen molar-refractivity contribution in [3.05, 3.63) is 59.2 Å². The topological polar surface area (TPSA) is 69.1 Å². The molecule has 0 saturated heterocycles. The third-order valence-corrected chi connectivity index (χ3v) is 2.71. The van der Waals surface area contributed by atoms with E-state index in [9.17, 15) is 4.79 Å². The van der Waals surface area contributed by atoms with E-state index >= 15 is 0 Å². The molecule has 0 heterocycles. The Hall–Kier alpha value is -2.29. The van der Waals surface area contributed by atoms with Gasteiger partial charge in [0.15, 0.2) is 5.78 Å². The van der Waals surface area contributed by atoms with Crippen LogP contribution in [0.2, 0.25) is 0 Å². The van der Waals surface area contributed by atoms with Gasteiger partial charge in [0.05, 0.1) is 0 Å². The summed E-state index contributed by atoms with van der Waals surface area (Å²) in [4.78, 5) is 12.1. The van der Waals surface area contributed by atoms with E-state index in [1.807, 2.05) is 13.0 Å². The van der Waals surface area contributed by atoms with E-state index in [2.05, 4.69) is 0 Å². The van der Waals surface area contributed by atoms with Crippen molar-refractivity contribution < 1.29 is 4.79 Å². The number of anilines is 2. The van der Waals surface area contributed by atoms with Crippen LogP contribution < -0.4 is 11.5 Å². The summed E-state index contributed by atoms with van der Waals surface area (Å²) in [6.07, 6.45) is 0. The van der Waals surface area contributed by atoms with E-state index in [1.54, 1.807) is 36.4 Å². The molecule has 0 saturated carbocycles. The highest BCUT2D eigenvalue weighted by molar-refractivity contribution is 6.09. The maximum Gasteiger partial charge on any atom is 0.193 e. The average Bonchev–Trinajstić information content (AvgIpc) is 2.33. The van der Waals surface area contributed by atoms with Crippen molar-refractivity contribution in [2.24, 2.45) is 0 Å². The summed E-state index contributed by atoms with van der Waals surface area (Å²) in [5, 5.41) is 0. The largest absolute Gasteiger partial charge is 0.399 e. The second-order valence-electron chi connectivity index (χ2n) is 4.02. The van der Waals surface area contributed by atoms with E-state index in [0.717, 1.165) is 5.56 Å². The van der Waals surface area contributed by atoms with E-state index in [-0.39, 0.29) is 5.78 Å². The lowest BCUT2D eigenvalue weighted by Gasteiger charge is -2.05. The first-order chi connectivity index (χ1) is 8.08. The molecule has 0 aliphatic carbocycles. The second-order valence-corrected chi connectivity index (χ2v) is 4.02. The van der Waals surface area contributed by atoms with Crippen molar-refractivity contribution in [3.8, 4) is 0 Å². The van der Waals surface area contributed by atoms with Crippen molar-refractivity contribution in [2.45, 2.75) is 6.92 Å². The molecule has 2 aromatic rings. The fraction of sp³-hybridized carbons (Fsp3) is 0.0714. The minimum Gasteiger partial charge on any atom is -0.399 e. The van der Waals surface area contributed by atoms with Crippen molar-refractivity contribution in [1.29, 1.82) is 0 Å². The number of aryl methyl sites for hydroxylation is 1. The Balaban J connectivity index is 2.37. The fourth-order valence-electron chi connectivity index (χ4n) is 1.58. The Morgan fingerprint density at radius 1 is 0.941 bits per heavy atom. The Labute approximate surface area is 100 Å². The lowest BCUT2D eigenvalue weighted by Crippen LogP contribution is -2.03. The zero-order valence-corrected chi connectivity index (χ0v) is 9.60. The molecule has 4 N–H and O–H groups in total. The molecule has 0 atom stereocenters. The molecule has 86 valence electrons. The zero-order chi connectivity index (χ0) is 12.4. The lowest BCUT2D eigenvalue weighted by atomic mass is 10.0. The van der Waals surface area contributed by atoms with Gasteiger partial charge in [-0.2, -0.15) is 0 Å². The van der Waals surface area contributed by atoms with Crippen LogP contribution in [0.15, 0.2) is 42.5 Å². The fourth-order valence-corrected chi connectivity index (χ4v) is 1.58. The highest BCUT2D eigenvalue weighted by atomic mass is 16.1. The van der Waals surface area contributed by atoms with Gasteiger partial charge in [0.25, 0.3) is 0 Å². The molecule has 0 unspecified atom stereocenters. The highest BCUT2D eigenvalue weighted by Gasteiger charge is 2.09. The maximum atomic E-state index is 12.1. The summed E-state index contributed by atoms with van der Waals surface area (Å²) >= 11 is 0. The number of hydrogen-bond acceptors (Lipinski definition) is 3. The third-order valence-electron chi connectivity index (χ3n) is 2.71. The molecule has 0 aromatic heterocycles. The number of rotatable bonds is 2. The van der Waals surface area contributed by atoms with Gasteiger partial charge in [0.2, 0.25) is 0 Å². The molecule has 0 spiro atoms. The standard InChI is InChI=1S/C14H14N2O/c1-9-2-3-11(8-13(9)16)14(17)10-4-6-12(15)7-5-10/h2-8H,15-16H2,1H3. The summed E-state index contributed by atoms with van der Waals surface area (Å²) in [6, 6.07) is 12.2. The van der Waals surface area contributed by atoms with E-state index < -0.39 is 0 Å². The number of benzene rings is 2. The molecule has 0 radical (unpaired) electrons. The monoisotopic (exact) mass is 226 g/mol. The first kappa shape index (κ1) is 11.2. The SMILES string of the molecule is Cc1ccc(C(=O)c2ccc(N)cc2)cc1N. The molecule has 0 fully saturated rings. The Bertz CT molecular complexity index is 559. The average molecular weight is 226 g/mol. The van der Waals surface area contributed by atoms with Gasteiger partial charge in [-0.15, -0.1) is 0 Å². The summed E-state index contributed by atoms with van der Waals surface area (Å²) in [5.74, 6) is -0.0447. The van der Waals surface area contributed by atoms with Crippen LogP contribution >= 0.6 is 0 Å². The molecular formula is C14H14N2O. The van der Waals surface area contributed by atoms with Crippen LogP contribution in [0.4, 0.5) is 11.4 Å². The maximum absolute atomic E-state index is 12.1. The van der Waals surface area contributed by atoms with Gasteiger partial charge in [0.1, 0.15) is 0 Å². The van der Waals surface area contributed by atoms with E-state index in [4.69, 9.17) is 11.5 Å². The number of nitrogens with two attached hydrogens (primary N) is 2. The first-order valence-corrected chi connectivity index (χ1v) is 5.34. The Morgan fingerprint density at radius 2 is 1.53 bits per heavy atom. The summed E-state index contributed by atoms with van der Waals surface area (Å²) in [6.45, 7) is 1.91. The van der Waals surface area contributed by atoms with Gasteiger partial charge >= 0.3 is 0 Å². The molecular weight excluding hydrogens is 212 g/mol. The molecule has 0 aliphatic heterocycles. The van der Waals surface area contributed by atoms with Crippen molar-refractivity contribution >= 4 is 17.2 Å². The summed E-state index contributed by atoms with van der Waals surface area (Å²) in [5.41, 5.74) is 14.8. The second kappa shape index (κ2) is 4.29. The predicted octanol–water partition coefficient (Wildman–Crippen LogP) is 2.39. The van der Waals surface area contributed by atoms with Crippen LogP contribution in [0.1, 0.15) is 21.5 Å². The van der Waals surface area contributed by atoms with Crippen LogP contribution in [-0.4, -0.2) is 5.78 Å². The molecule has 17 heavy (non-hydrogen) atoms. The molecule has 3 heteroatoms. The van der Waals surface area contributed by atoms with Crippen LogP contribution in [0.25, 0.3) is 0 Å². The summed E-state index contributed by atoms with van der Waals surface area (Å²) in [7, 11) is 0. The van der Waals surface area contributed by atoms with Crippen molar-refractivity contribution in [2.75, 3.05) is 11.5 Å². The lowest BCUT2D eigenvalue weighted by molar-refractivity contribution is 0.103. The first-order valence-electron chi connectivity index (χ1n) is 5.34. The molecule has 0 bridgehead atoms. The molecule has 0 amide bonds. The molecule has 3 nitrogen and oxygen atoms in total. The number of carbonyl (C=O) groups is 1. The highest BCUT2D eigenvalue weighted by Crippen LogP contribution is 2.17. The predicted molar refractivity (Wildman–Crippen MR) is 69.9 cm³/mol. The number of nitrogen functional groups attached to an aromatic ring is 2.